The summed E-state index contributed by atoms with van der Waals surface area (Å²) in [7, 11) is 3.00. The number of ether oxygens (including phenoxy) is 3. The van der Waals surface area contributed by atoms with Gasteiger partial charge >= 0.3 is 0 Å². The summed E-state index contributed by atoms with van der Waals surface area (Å²) in [5, 5.41) is 9.88. The normalized spacial score (nSPS) is 11.5. The van der Waals surface area contributed by atoms with Gasteiger partial charge in [-0.15, -0.1) is 5.10 Å². The molecule has 0 unspecified atom stereocenters. The van der Waals surface area contributed by atoms with E-state index in [0.717, 1.165) is 27.9 Å². The summed E-state index contributed by atoms with van der Waals surface area (Å²) in [6.45, 7) is 0.653. The number of hydrogen-bond acceptors (Lipinski definition) is 7. The zero-order valence-electron chi connectivity index (χ0n) is 26.8. The van der Waals surface area contributed by atoms with E-state index >= 15 is 0 Å². The van der Waals surface area contributed by atoms with Crippen molar-refractivity contribution in [1.82, 2.24) is 25.0 Å². The Bertz CT molecular complexity index is 2100. The Morgan fingerprint density at radius 2 is 1.18 bits per heavy atom. The van der Waals surface area contributed by atoms with Gasteiger partial charge in [0.1, 0.15) is 16.8 Å². The van der Waals surface area contributed by atoms with E-state index in [0.29, 0.717) is 33.9 Å². The molecule has 0 aliphatic rings. The predicted octanol–water partition coefficient (Wildman–Crippen LogP) is 8.89. The topological polar surface area (TPSA) is 84.2 Å². The Hall–Kier alpha value is -5.28. The van der Waals surface area contributed by atoms with Crippen molar-refractivity contribution in [1.29, 1.82) is 0 Å². The average molecular weight is 689 g/mol. The van der Waals surface area contributed by atoms with Gasteiger partial charge in [-0.3, -0.25) is 0 Å². The first-order valence-electron chi connectivity index (χ1n) is 15.6. The lowest BCUT2D eigenvalue weighted by Gasteiger charge is -2.36. The molecule has 49 heavy (non-hydrogen) atoms. The molecule has 2 aromatic heterocycles. The van der Waals surface area contributed by atoms with Crippen molar-refractivity contribution < 1.29 is 14.2 Å². The van der Waals surface area contributed by atoms with Crippen molar-refractivity contribution in [2.24, 2.45) is 0 Å². The SMILES string of the molecule is COc1nc2cc(Cl)c(Cl)c(-c3nnn(CCOC(c4ccccc4)(c4ccccc4)c4ccccc4)c3-c3ccccc3)c2nc1OC. The number of aromatic nitrogens is 5. The molecule has 244 valence electrons. The van der Waals surface area contributed by atoms with Gasteiger partial charge in [-0.05, 0) is 22.8 Å². The molecule has 0 spiro atoms. The lowest BCUT2D eigenvalue weighted by atomic mass is 9.80. The maximum absolute atomic E-state index is 7.08. The van der Waals surface area contributed by atoms with E-state index in [2.05, 4.69) is 51.7 Å². The fourth-order valence-electron chi connectivity index (χ4n) is 6.16. The van der Waals surface area contributed by atoms with Crippen molar-refractivity contribution in [3.8, 4) is 34.3 Å². The Morgan fingerprint density at radius 3 is 1.71 bits per heavy atom. The van der Waals surface area contributed by atoms with Crippen LogP contribution in [0.25, 0.3) is 33.5 Å². The van der Waals surface area contributed by atoms with Gasteiger partial charge in [0, 0.05) is 5.56 Å². The summed E-state index contributed by atoms with van der Waals surface area (Å²) in [5.74, 6) is 0.429. The molecule has 8 nitrogen and oxygen atoms in total. The summed E-state index contributed by atoms with van der Waals surface area (Å²) in [6, 6.07) is 42.3. The molecule has 10 heteroatoms. The number of rotatable bonds is 11. The second kappa shape index (κ2) is 14.1. The first kappa shape index (κ1) is 32.3. The lowest BCUT2D eigenvalue weighted by Crippen LogP contribution is -2.34. The molecular formula is C39H31Cl2N5O3. The highest BCUT2D eigenvalue weighted by molar-refractivity contribution is 6.45. The zero-order valence-corrected chi connectivity index (χ0v) is 28.3. The minimum absolute atomic E-state index is 0.204. The Kier molecular flexibility index (Phi) is 9.26. The molecule has 0 radical (unpaired) electrons. The van der Waals surface area contributed by atoms with Crippen LogP contribution in [0.2, 0.25) is 10.0 Å². The summed E-state index contributed by atoms with van der Waals surface area (Å²) in [4.78, 5) is 9.32. The third-order valence-electron chi connectivity index (χ3n) is 8.36. The fraction of sp³-hybridized carbons (Fsp3) is 0.128. The molecule has 0 aliphatic heterocycles. The molecule has 7 rings (SSSR count). The van der Waals surface area contributed by atoms with E-state index < -0.39 is 5.60 Å². The second-order valence-electron chi connectivity index (χ2n) is 11.2. The quantitative estimate of drug-likeness (QED) is 0.126. The third-order valence-corrected chi connectivity index (χ3v) is 9.15. The number of fused-ring (bicyclic) bond motifs is 1. The Labute approximate surface area is 293 Å². The van der Waals surface area contributed by atoms with Crippen LogP contribution in [0.3, 0.4) is 0 Å². The molecule has 0 saturated carbocycles. The molecule has 2 heterocycles. The molecule has 0 N–H and O–H groups in total. The van der Waals surface area contributed by atoms with Crippen molar-refractivity contribution >= 4 is 34.2 Å². The van der Waals surface area contributed by atoms with Crippen LogP contribution in [0.1, 0.15) is 16.7 Å². The molecule has 5 aromatic carbocycles. The van der Waals surface area contributed by atoms with E-state index in [4.69, 9.17) is 42.4 Å². The lowest BCUT2D eigenvalue weighted by molar-refractivity contribution is 0.00714. The van der Waals surface area contributed by atoms with E-state index in [1.807, 2.05) is 89.6 Å². The van der Waals surface area contributed by atoms with Crippen LogP contribution in [0.5, 0.6) is 11.8 Å². The van der Waals surface area contributed by atoms with Gasteiger partial charge in [-0.1, -0.05) is 150 Å². The van der Waals surface area contributed by atoms with Gasteiger partial charge in [0.2, 0.25) is 0 Å². The van der Waals surface area contributed by atoms with Gasteiger partial charge < -0.3 is 14.2 Å². The summed E-state index contributed by atoms with van der Waals surface area (Å²) in [5.41, 5.74) is 5.62. The summed E-state index contributed by atoms with van der Waals surface area (Å²) >= 11 is 13.6. The Morgan fingerprint density at radius 1 is 0.673 bits per heavy atom. The van der Waals surface area contributed by atoms with Crippen molar-refractivity contribution in [2.75, 3.05) is 20.8 Å². The molecule has 0 bridgehead atoms. The van der Waals surface area contributed by atoms with E-state index in [1.165, 1.54) is 14.2 Å². The molecule has 0 aliphatic carbocycles. The third kappa shape index (κ3) is 5.99. The zero-order chi connectivity index (χ0) is 33.8. The van der Waals surface area contributed by atoms with Crippen LogP contribution < -0.4 is 9.47 Å². The van der Waals surface area contributed by atoms with Crippen molar-refractivity contribution in [3.63, 3.8) is 0 Å². The number of methoxy groups -OCH3 is 2. The van der Waals surface area contributed by atoms with Crippen LogP contribution in [0.15, 0.2) is 127 Å². The van der Waals surface area contributed by atoms with Crippen LogP contribution >= 0.6 is 23.2 Å². The molecule has 0 amide bonds. The molecular weight excluding hydrogens is 657 g/mol. The van der Waals surface area contributed by atoms with E-state index in [-0.39, 0.29) is 23.4 Å². The van der Waals surface area contributed by atoms with Crippen molar-refractivity contribution in [3.05, 3.63) is 154 Å². The predicted molar refractivity (Wildman–Crippen MR) is 192 cm³/mol. The van der Waals surface area contributed by atoms with Gasteiger partial charge in [0.25, 0.3) is 11.8 Å². The highest BCUT2D eigenvalue weighted by atomic mass is 35.5. The molecule has 0 atom stereocenters. The molecule has 0 fully saturated rings. The maximum Gasteiger partial charge on any atom is 0.278 e. The first-order chi connectivity index (χ1) is 24.0. The summed E-state index contributed by atoms with van der Waals surface area (Å²) in [6.07, 6.45) is 0. The number of hydrogen-bond donors (Lipinski definition) is 0. The fourth-order valence-corrected chi connectivity index (χ4v) is 6.60. The number of nitrogens with zero attached hydrogens (tertiary/aromatic N) is 5. The van der Waals surface area contributed by atoms with Crippen LogP contribution in [-0.4, -0.2) is 45.8 Å². The van der Waals surface area contributed by atoms with E-state index in [1.54, 1.807) is 6.07 Å². The largest absolute Gasteiger partial charge is 0.477 e. The smallest absolute Gasteiger partial charge is 0.278 e. The molecule has 0 saturated heterocycles. The van der Waals surface area contributed by atoms with Crippen molar-refractivity contribution in [2.45, 2.75) is 12.1 Å². The van der Waals surface area contributed by atoms with Gasteiger partial charge in [0.15, 0.2) is 0 Å². The number of halogens is 2. The number of benzene rings is 5. The Balaban J connectivity index is 1.35. The minimum Gasteiger partial charge on any atom is -0.477 e. The van der Waals surface area contributed by atoms with Gasteiger partial charge in [-0.2, -0.15) is 0 Å². The van der Waals surface area contributed by atoms with Crippen LogP contribution in [-0.2, 0) is 16.9 Å². The first-order valence-corrected chi connectivity index (χ1v) is 16.4. The summed E-state index contributed by atoms with van der Waals surface area (Å²) < 4.78 is 19.8. The average Bonchev–Trinajstić information content (AvgIpc) is 3.58. The second-order valence-corrected chi connectivity index (χ2v) is 11.9. The van der Waals surface area contributed by atoms with Gasteiger partial charge in [-0.25, -0.2) is 14.6 Å². The molecule has 7 aromatic rings. The van der Waals surface area contributed by atoms with Gasteiger partial charge in [0.05, 0.1) is 54.2 Å². The van der Waals surface area contributed by atoms with Crippen LogP contribution in [0.4, 0.5) is 0 Å². The monoisotopic (exact) mass is 687 g/mol. The van der Waals surface area contributed by atoms with Crippen LogP contribution in [0, 0.1) is 0 Å². The highest BCUT2D eigenvalue weighted by Crippen LogP contribution is 2.44. The maximum atomic E-state index is 7.08. The highest BCUT2D eigenvalue weighted by Gasteiger charge is 2.37. The minimum atomic E-state index is -0.891. The standard InChI is InChI=1S/C39H31Cl2N5O3/c1-47-37-38(48-2)43-34-31(42-37)25-30(40)33(41)32(34)35-36(26-15-7-3-8-16-26)46(45-44-35)23-24-49-39(27-17-9-4-10-18-27,28-19-11-5-12-20-28)29-21-13-6-14-22-29/h3-22,25H,23-24H2,1-2H3. The van der Waals surface area contributed by atoms with E-state index in [9.17, 15) is 0 Å².